The summed E-state index contributed by atoms with van der Waals surface area (Å²) in [4.78, 5) is 16.8. The number of pyridine rings is 1. The van der Waals surface area contributed by atoms with E-state index in [2.05, 4.69) is 20.9 Å². The van der Waals surface area contributed by atoms with Crippen LogP contribution in [0.2, 0.25) is 0 Å². The maximum atomic E-state index is 15.1. The molecule has 4 aromatic rings. The molecule has 1 saturated heterocycles. The first-order chi connectivity index (χ1) is 22.0. The molecule has 0 bridgehead atoms. The molecule has 4 N–H and O–H groups in total. The van der Waals surface area contributed by atoms with Gasteiger partial charge in [-0.2, -0.15) is 13.2 Å². The zero-order valence-electron chi connectivity index (χ0n) is 24.6. The zero-order chi connectivity index (χ0) is 32.8. The average molecular weight is 647 g/mol. The number of alkyl halides is 3. The van der Waals surface area contributed by atoms with E-state index in [0.29, 0.717) is 53.1 Å². The van der Waals surface area contributed by atoms with Gasteiger partial charge in [0.2, 0.25) is 0 Å². The number of piperidine rings is 1. The van der Waals surface area contributed by atoms with Crippen molar-refractivity contribution in [3.05, 3.63) is 83.6 Å². The van der Waals surface area contributed by atoms with E-state index >= 15 is 4.39 Å². The van der Waals surface area contributed by atoms with Gasteiger partial charge in [-0.15, -0.1) is 0 Å². The second-order valence-corrected chi connectivity index (χ2v) is 10.7. The number of nitrogens with zero attached hydrogens (tertiary/aromatic N) is 1. The summed E-state index contributed by atoms with van der Waals surface area (Å²) >= 11 is 0. The molecule has 46 heavy (non-hydrogen) atoms. The topological polar surface area (TPSA) is 114 Å². The first-order valence-electron chi connectivity index (χ1n) is 14.4. The van der Waals surface area contributed by atoms with Gasteiger partial charge in [-0.05, 0) is 74.3 Å². The summed E-state index contributed by atoms with van der Waals surface area (Å²) in [5.41, 5.74) is -0.994. The number of hydrogen-bond acceptors (Lipinski definition) is 8. The highest BCUT2D eigenvalue weighted by Crippen LogP contribution is 2.38. The van der Waals surface area contributed by atoms with Gasteiger partial charge in [-0.25, -0.2) is 8.78 Å². The lowest BCUT2D eigenvalue weighted by molar-refractivity contribution is -0.137. The number of nitrogens with one attached hydrogen (secondary N) is 3. The molecule has 2 heterocycles. The number of halogens is 5. The largest absolute Gasteiger partial charge is 0.493 e. The molecule has 14 heteroatoms. The first kappa shape index (κ1) is 32.9. The van der Waals surface area contributed by atoms with Crippen LogP contribution in [0.4, 0.5) is 27.6 Å². The summed E-state index contributed by atoms with van der Waals surface area (Å²) in [6, 6.07) is 10.3. The van der Waals surface area contributed by atoms with Crippen molar-refractivity contribution in [1.82, 2.24) is 15.6 Å². The van der Waals surface area contributed by atoms with Crippen molar-refractivity contribution in [1.29, 1.82) is 0 Å². The first-order valence-corrected chi connectivity index (χ1v) is 14.4. The van der Waals surface area contributed by atoms with E-state index in [0.717, 1.165) is 32.0 Å². The van der Waals surface area contributed by atoms with Crippen molar-refractivity contribution in [3.8, 4) is 23.0 Å². The Hall–Kier alpha value is -4.53. The van der Waals surface area contributed by atoms with Crippen molar-refractivity contribution in [2.45, 2.75) is 31.8 Å². The van der Waals surface area contributed by atoms with Gasteiger partial charge in [0, 0.05) is 41.5 Å². The minimum absolute atomic E-state index is 0.0438. The molecule has 3 aromatic carbocycles. The molecule has 0 aliphatic carbocycles. The molecule has 9 nitrogen and oxygen atoms in total. The number of methoxy groups -OCH3 is 1. The normalized spacial score (nSPS) is 14.6. The zero-order valence-corrected chi connectivity index (χ0v) is 24.6. The Morgan fingerprint density at radius 2 is 1.78 bits per heavy atom. The molecule has 1 unspecified atom stereocenters. The van der Waals surface area contributed by atoms with E-state index in [9.17, 15) is 27.5 Å². The summed E-state index contributed by atoms with van der Waals surface area (Å²) in [7, 11) is 1.51. The van der Waals surface area contributed by atoms with E-state index in [1.165, 1.54) is 25.4 Å². The van der Waals surface area contributed by atoms with E-state index in [4.69, 9.17) is 14.2 Å². The Morgan fingerprint density at radius 3 is 2.50 bits per heavy atom. The smallest absolute Gasteiger partial charge is 0.416 e. The number of fused-ring (bicyclic) bond motifs is 1. The number of ether oxygens (including phenoxy) is 3. The molecule has 1 aromatic heterocycles. The van der Waals surface area contributed by atoms with Crippen LogP contribution < -0.4 is 30.2 Å². The van der Waals surface area contributed by atoms with Crippen LogP contribution in [0.15, 0.2) is 60.8 Å². The molecule has 1 amide bonds. The van der Waals surface area contributed by atoms with Crippen LogP contribution in [0, 0.1) is 17.6 Å². The van der Waals surface area contributed by atoms with Gasteiger partial charge in [0.25, 0.3) is 5.91 Å². The highest BCUT2D eigenvalue weighted by Gasteiger charge is 2.31. The maximum Gasteiger partial charge on any atom is 0.416 e. The number of amides is 1. The number of hydrogen-bond donors (Lipinski definition) is 4. The number of aliphatic hydroxyl groups is 1. The van der Waals surface area contributed by atoms with Gasteiger partial charge in [-0.3, -0.25) is 15.1 Å². The SMILES string of the molecule is COc1cc2c(Oc3ccc(NC(=O)C(O)NCc4cc(C(F)(F)F)ccc4F)cc3F)ccnc2cc1OCC1CCNCC1. The third-order valence-electron chi connectivity index (χ3n) is 7.45. The van der Waals surface area contributed by atoms with Gasteiger partial charge in [0.1, 0.15) is 11.6 Å². The number of aromatic nitrogens is 1. The fourth-order valence-corrected chi connectivity index (χ4v) is 4.92. The molecular weight excluding hydrogens is 615 g/mol. The van der Waals surface area contributed by atoms with Crippen molar-refractivity contribution in [2.24, 2.45) is 5.92 Å². The Kier molecular flexibility index (Phi) is 10.2. The lowest BCUT2D eigenvalue weighted by Gasteiger charge is -2.23. The Balaban J connectivity index is 1.23. The fourth-order valence-electron chi connectivity index (χ4n) is 4.92. The van der Waals surface area contributed by atoms with Crippen LogP contribution in [-0.4, -0.2) is 49.0 Å². The van der Waals surface area contributed by atoms with E-state index in [1.807, 2.05) is 0 Å². The molecule has 0 spiro atoms. The lowest BCUT2D eigenvalue weighted by Crippen LogP contribution is -2.40. The third-order valence-corrected chi connectivity index (χ3v) is 7.45. The number of benzene rings is 3. The van der Waals surface area contributed by atoms with Gasteiger partial charge in [0.15, 0.2) is 29.3 Å². The van der Waals surface area contributed by atoms with Crippen LogP contribution >= 0.6 is 0 Å². The molecule has 0 radical (unpaired) electrons. The van der Waals surface area contributed by atoms with Gasteiger partial charge in [0.05, 0.1) is 24.8 Å². The Bertz CT molecular complexity index is 1700. The van der Waals surface area contributed by atoms with Crippen LogP contribution in [0.3, 0.4) is 0 Å². The summed E-state index contributed by atoms with van der Waals surface area (Å²) in [6.45, 7) is 1.85. The van der Waals surface area contributed by atoms with Gasteiger partial charge < -0.3 is 30.0 Å². The standard InChI is InChI=1S/C32H31F5N4O5/c1-44-28-14-22-25(15-29(28)45-17-18-6-9-38-10-7-18)39-11-8-26(22)46-27-5-3-21(13-24(27)34)41-31(43)30(42)40-16-19-12-20(32(35,36)37)2-4-23(19)33/h2-5,8,11-15,18,30,38,40,42H,6-7,9-10,16-17H2,1H3,(H,41,43). The Morgan fingerprint density at radius 1 is 1.00 bits per heavy atom. The number of rotatable bonds is 11. The lowest BCUT2D eigenvalue weighted by atomic mass is 9.99. The van der Waals surface area contributed by atoms with Crippen LogP contribution in [-0.2, 0) is 17.5 Å². The van der Waals surface area contributed by atoms with Crippen LogP contribution in [0.1, 0.15) is 24.0 Å². The summed E-state index contributed by atoms with van der Waals surface area (Å²) in [5, 5.41) is 18.5. The third kappa shape index (κ3) is 8.00. The summed E-state index contributed by atoms with van der Waals surface area (Å²) in [5.74, 6) is -1.32. The van der Waals surface area contributed by atoms with Crippen molar-refractivity contribution >= 4 is 22.5 Å². The predicted molar refractivity (Wildman–Crippen MR) is 159 cm³/mol. The van der Waals surface area contributed by atoms with Crippen molar-refractivity contribution < 1.29 is 46.1 Å². The highest BCUT2D eigenvalue weighted by molar-refractivity contribution is 5.93. The van der Waals surface area contributed by atoms with Crippen LogP contribution in [0.5, 0.6) is 23.0 Å². The molecule has 1 aliphatic heterocycles. The number of carbonyl (C=O) groups excluding carboxylic acids is 1. The number of anilines is 1. The minimum atomic E-state index is -4.69. The van der Waals surface area contributed by atoms with Gasteiger partial charge >= 0.3 is 6.18 Å². The highest BCUT2D eigenvalue weighted by atomic mass is 19.4. The van der Waals surface area contributed by atoms with E-state index in [1.54, 1.807) is 18.2 Å². The van der Waals surface area contributed by atoms with Crippen molar-refractivity contribution in [3.63, 3.8) is 0 Å². The predicted octanol–water partition coefficient (Wildman–Crippen LogP) is 5.76. The summed E-state index contributed by atoms with van der Waals surface area (Å²) in [6.07, 6.45) is -3.10. The second-order valence-electron chi connectivity index (χ2n) is 10.7. The molecule has 0 saturated carbocycles. The average Bonchev–Trinajstić information content (AvgIpc) is 3.04. The molecule has 1 fully saturated rings. The molecular formula is C32H31F5N4O5. The molecule has 244 valence electrons. The van der Waals surface area contributed by atoms with E-state index in [-0.39, 0.29) is 17.2 Å². The van der Waals surface area contributed by atoms with Crippen LogP contribution in [0.25, 0.3) is 10.9 Å². The summed E-state index contributed by atoms with van der Waals surface area (Å²) < 4.78 is 85.3. The minimum Gasteiger partial charge on any atom is -0.493 e. The van der Waals surface area contributed by atoms with E-state index < -0.39 is 47.6 Å². The van der Waals surface area contributed by atoms with Crippen molar-refractivity contribution in [2.75, 3.05) is 32.1 Å². The second kappa shape index (κ2) is 14.3. The monoisotopic (exact) mass is 646 g/mol. The number of carbonyl (C=O) groups is 1. The fraction of sp³-hybridized carbons (Fsp3) is 0.312. The quantitative estimate of drug-likeness (QED) is 0.120. The molecule has 1 aliphatic rings. The van der Waals surface area contributed by atoms with Gasteiger partial charge in [-0.1, -0.05) is 0 Å². The maximum absolute atomic E-state index is 15.1. The molecule has 1 atom stereocenters. The molecule has 5 rings (SSSR count). The Labute approximate surface area is 260 Å². The number of aliphatic hydroxyl groups excluding tert-OH is 1.